The van der Waals surface area contributed by atoms with Gasteiger partial charge in [-0.05, 0) is 41.4 Å². The van der Waals surface area contributed by atoms with Crippen LogP contribution < -0.4 is 5.56 Å². The van der Waals surface area contributed by atoms with E-state index in [1.165, 1.54) is 4.68 Å². The van der Waals surface area contributed by atoms with Gasteiger partial charge in [0.2, 0.25) is 0 Å². The molecule has 0 bridgehead atoms. The van der Waals surface area contributed by atoms with Crippen molar-refractivity contribution in [3.05, 3.63) is 26.2 Å². The summed E-state index contributed by atoms with van der Waals surface area (Å²) in [6.45, 7) is 5.10. The monoisotopic (exact) mass is 306 g/mol. The topological polar surface area (TPSA) is 34.9 Å². The normalized spacial score (nSPS) is 10.9. The minimum absolute atomic E-state index is 0.000608. The summed E-state index contributed by atoms with van der Waals surface area (Å²) in [5, 5.41) is 4.07. The lowest BCUT2D eigenvalue weighted by Crippen LogP contribution is -2.22. The second-order valence-corrected chi connectivity index (χ2v) is 5.02. The minimum Gasteiger partial charge on any atom is -0.268 e. The van der Waals surface area contributed by atoms with Crippen LogP contribution in [0.2, 0.25) is 0 Å². The predicted molar refractivity (Wildman–Crippen MR) is 65.3 cm³/mol. The first-order valence-corrected chi connectivity index (χ1v) is 5.90. The molecule has 0 aliphatic carbocycles. The van der Waals surface area contributed by atoms with Crippen molar-refractivity contribution in [2.24, 2.45) is 5.92 Å². The molecular formula is C10H15IN2O. The highest BCUT2D eigenvalue weighted by molar-refractivity contribution is 14.1. The lowest BCUT2D eigenvalue weighted by atomic mass is 10.1. The summed E-state index contributed by atoms with van der Waals surface area (Å²) < 4.78 is 2.43. The number of hydrogen-bond acceptors (Lipinski definition) is 2. The summed E-state index contributed by atoms with van der Waals surface area (Å²) in [5.74, 6) is 0.689. The van der Waals surface area contributed by atoms with Crippen molar-refractivity contribution in [1.82, 2.24) is 9.78 Å². The molecule has 1 rings (SSSR count). The molecule has 3 nitrogen and oxygen atoms in total. The van der Waals surface area contributed by atoms with E-state index < -0.39 is 0 Å². The van der Waals surface area contributed by atoms with Crippen LogP contribution in [0.25, 0.3) is 0 Å². The number of rotatable bonds is 4. The van der Waals surface area contributed by atoms with Crippen LogP contribution in [0.4, 0.5) is 0 Å². The third-order valence-electron chi connectivity index (χ3n) is 1.99. The van der Waals surface area contributed by atoms with Crippen molar-refractivity contribution in [2.75, 3.05) is 0 Å². The van der Waals surface area contributed by atoms with Gasteiger partial charge in [-0.25, -0.2) is 4.68 Å². The maximum absolute atomic E-state index is 11.4. The van der Waals surface area contributed by atoms with E-state index >= 15 is 0 Å². The summed E-state index contributed by atoms with van der Waals surface area (Å²) in [7, 11) is 0. The summed E-state index contributed by atoms with van der Waals surface area (Å²) in [6, 6.07) is 1.61. The van der Waals surface area contributed by atoms with Crippen molar-refractivity contribution >= 4 is 22.6 Å². The Bertz CT molecular complexity index is 346. The van der Waals surface area contributed by atoms with Crippen LogP contribution in [-0.2, 0) is 6.54 Å². The lowest BCUT2D eigenvalue weighted by molar-refractivity contribution is 0.476. The Morgan fingerprint density at radius 1 is 1.57 bits per heavy atom. The SMILES string of the molecule is CC(C)CCCn1ncc(I)cc1=O. The second kappa shape index (κ2) is 5.48. The molecule has 14 heavy (non-hydrogen) atoms. The Labute approximate surface area is 97.7 Å². The van der Waals surface area contributed by atoms with E-state index in [-0.39, 0.29) is 5.56 Å². The van der Waals surface area contributed by atoms with Crippen molar-refractivity contribution in [3.63, 3.8) is 0 Å². The molecule has 0 aliphatic rings. The Hall–Kier alpha value is -0.390. The molecule has 0 fully saturated rings. The number of aryl methyl sites for hydroxylation is 1. The van der Waals surface area contributed by atoms with Gasteiger partial charge in [0.1, 0.15) is 0 Å². The smallest absolute Gasteiger partial charge is 0.267 e. The van der Waals surface area contributed by atoms with Crippen molar-refractivity contribution in [1.29, 1.82) is 0 Å². The highest BCUT2D eigenvalue weighted by Gasteiger charge is 1.99. The molecule has 1 heterocycles. The molecule has 78 valence electrons. The van der Waals surface area contributed by atoms with E-state index in [1.807, 2.05) is 0 Å². The molecule has 0 N–H and O–H groups in total. The quantitative estimate of drug-likeness (QED) is 0.800. The van der Waals surface area contributed by atoms with Crippen LogP contribution >= 0.6 is 22.6 Å². The molecule has 0 aromatic carbocycles. The molecule has 0 saturated heterocycles. The molecule has 0 saturated carbocycles. The van der Waals surface area contributed by atoms with Gasteiger partial charge in [0.25, 0.3) is 5.56 Å². The van der Waals surface area contributed by atoms with Crippen LogP contribution in [0, 0.1) is 9.49 Å². The van der Waals surface area contributed by atoms with Crippen molar-refractivity contribution in [3.8, 4) is 0 Å². The summed E-state index contributed by atoms with van der Waals surface area (Å²) in [5.41, 5.74) is 0.000608. The number of nitrogens with zero attached hydrogens (tertiary/aromatic N) is 2. The van der Waals surface area contributed by atoms with Gasteiger partial charge >= 0.3 is 0 Å². The molecule has 0 aliphatic heterocycles. The molecule has 0 unspecified atom stereocenters. The van der Waals surface area contributed by atoms with Gasteiger partial charge in [0.05, 0.1) is 6.20 Å². The zero-order valence-electron chi connectivity index (χ0n) is 8.53. The number of hydrogen-bond donors (Lipinski definition) is 0. The maximum atomic E-state index is 11.4. The average molecular weight is 306 g/mol. The highest BCUT2D eigenvalue weighted by atomic mass is 127. The number of aromatic nitrogens is 2. The first-order chi connectivity index (χ1) is 6.59. The summed E-state index contributed by atoms with van der Waals surface area (Å²) in [6.07, 6.45) is 3.88. The van der Waals surface area contributed by atoms with Gasteiger partial charge in [0.15, 0.2) is 0 Å². The zero-order chi connectivity index (χ0) is 10.6. The Balaban J connectivity index is 2.55. The van der Waals surface area contributed by atoms with Gasteiger partial charge in [0, 0.05) is 16.2 Å². The van der Waals surface area contributed by atoms with Crippen molar-refractivity contribution < 1.29 is 0 Å². The van der Waals surface area contributed by atoms with Crippen LogP contribution in [-0.4, -0.2) is 9.78 Å². The summed E-state index contributed by atoms with van der Waals surface area (Å²) in [4.78, 5) is 11.4. The molecule has 0 spiro atoms. The first kappa shape index (κ1) is 11.7. The third kappa shape index (κ3) is 3.77. The van der Waals surface area contributed by atoms with Crippen LogP contribution in [0.15, 0.2) is 17.1 Å². The Morgan fingerprint density at radius 3 is 2.86 bits per heavy atom. The van der Waals surface area contributed by atoms with E-state index in [1.54, 1.807) is 12.3 Å². The highest BCUT2D eigenvalue weighted by Crippen LogP contribution is 2.04. The summed E-state index contributed by atoms with van der Waals surface area (Å²) >= 11 is 2.09. The minimum atomic E-state index is 0.000608. The van der Waals surface area contributed by atoms with Gasteiger partial charge in [-0.15, -0.1) is 0 Å². The van der Waals surface area contributed by atoms with E-state index in [4.69, 9.17) is 0 Å². The number of halogens is 1. The van der Waals surface area contributed by atoms with E-state index in [0.29, 0.717) is 5.92 Å². The molecular weight excluding hydrogens is 291 g/mol. The predicted octanol–water partition coefficient (Wildman–Crippen LogP) is 2.28. The largest absolute Gasteiger partial charge is 0.268 e. The fraction of sp³-hybridized carbons (Fsp3) is 0.600. The standard InChI is InChI=1S/C10H15IN2O/c1-8(2)4-3-5-13-10(14)6-9(11)7-12-13/h6-8H,3-5H2,1-2H3. The van der Waals surface area contributed by atoms with Gasteiger partial charge in [-0.3, -0.25) is 4.79 Å². The Kier molecular flexibility index (Phi) is 4.57. The van der Waals surface area contributed by atoms with E-state index in [2.05, 4.69) is 41.5 Å². The first-order valence-electron chi connectivity index (χ1n) is 4.82. The maximum Gasteiger partial charge on any atom is 0.267 e. The fourth-order valence-electron chi connectivity index (χ4n) is 1.23. The second-order valence-electron chi connectivity index (χ2n) is 3.77. The van der Waals surface area contributed by atoms with Crippen LogP contribution in [0.5, 0.6) is 0 Å². The fourth-order valence-corrected chi connectivity index (χ4v) is 1.62. The lowest BCUT2D eigenvalue weighted by Gasteiger charge is -2.05. The Morgan fingerprint density at radius 2 is 2.29 bits per heavy atom. The molecule has 1 aromatic heterocycles. The average Bonchev–Trinajstić information content (AvgIpc) is 2.08. The molecule has 4 heteroatoms. The zero-order valence-corrected chi connectivity index (χ0v) is 10.7. The molecule has 0 radical (unpaired) electrons. The third-order valence-corrected chi connectivity index (χ3v) is 2.58. The molecule has 0 amide bonds. The van der Waals surface area contributed by atoms with E-state index in [0.717, 1.165) is 23.0 Å². The van der Waals surface area contributed by atoms with Gasteiger partial charge in [-0.2, -0.15) is 5.10 Å². The van der Waals surface area contributed by atoms with Crippen LogP contribution in [0.3, 0.4) is 0 Å². The molecule has 0 atom stereocenters. The van der Waals surface area contributed by atoms with E-state index in [9.17, 15) is 4.79 Å². The van der Waals surface area contributed by atoms with Gasteiger partial charge in [-0.1, -0.05) is 13.8 Å². The molecule has 1 aromatic rings. The van der Waals surface area contributed by atoms with Gasteiger partial charge < -0.3 is 0 Å². The van der Waals surface area contributed by atoms with Crippen molar-refractivity contribution in [2.45, 2.75) is 33.2 Å². The van der Waals surface area contributed by atoms with Crippen LogP contribution in [0.1, 0.15) is 26.7 Å².